The molecule has 0 fully saturated rings. The van der Waals surface area contributed by atoms with Gasteiger partial charge in [-0.25, -0.2) is 9.29 Å². The smallest absolute Gasteiger partial charge is 0.258 e. The maximum absolute atomic E-state index is 12.8. The van der Waals surface area contributed by atoms with Crippen LogP contribution in [0.1, 0.15) is 5.56 Å². The van der Waals surface area contributed by atoms with Crippen LogP contribution in [-0.2, 0) is 9.59 Å². The van der Waals surface area contributed by atoms with Crippen LogP contribution in [0, 0.1) is 5.82 Å². The van der Waals surface area contributed by atoms with Crippen LogP contribution in [0.15, 0.2) is 55.3 Å². The molecule has 4 heteroatoms. The third-order valence-corrected chi connectivity index (χ3v) is 2.62. The van der Waals surface area contributed by atoms with Crippen molar-refractivity contribution in [2.45, 2.75) is 0 Å². The van der Waals surface area contributed by atoms with Crippen LogP contribution in [0.2, 0.25) is 0 Å². The molecule has 2 amide bonds. The molecule has 1 aromatic carbocycles. The number of allylic oxidation sites excluding steroid dienone is 1. The number of hydrogen-bond donors (Lipinski definition) is 0. The average molecular weight is 243 g/mol. The molecule has 0 unspecified atom stereocenters. The molecule has 0 aliphatic carbocycles. The number of hydrogen-bond acceptors (Lipinski definition) is 2. The molecule has 0 aromatic heterocycles. The molecule has 0 N–H and O–H groups in total. The lowest BCUT2D eigenvalue weighted by molar-refractivity contribution is -0.135. The van der Waals surface area contributed by atoms with Crippen molar-refractivity contribution >= 4 is 17.4 Å². The van der Waals surface area contributed by atoms with Crippen molar-refractivity contribution in [3.05, 3.63) is 66.7 Å². The second kappa shape index (κ2) is 4.41. The van der Waals surface area contributed by atoms with E-state index in [0.29, 0.717) is 11.1 Å². The molecule has 0 atom stereocenters. The van der Waals surface area contributed by atoms with Crippen molar-refractivity contribution in [1.29, 1.82) is 0 Å². The van der Waals surface area contributed by atoms with E-state index in [1.54, 1.807) is 0 Å². The number of amides is 2. The molecule has 3 nitrogen and oxygen atoms in total. The Labute approximate surface area is 104 Å². The Morgan fingerprint density at radius 3 is 2.44 bits per heavy atom. The molecule has 0 spiro atoms. The fourth-order valence-electron chi connectivity index (χ4n) is 1.74. The van der Waals surface area contributed by atoms with Crippen LogP contribution in [0.25, 0.3) is 5.57 Å². The second-order valence-electron chi connectivity index (χ2n) is 3.73. The summed E-state index contributed by atoms with van der Waals surface area (Å²) in [6.07, 6.45) is 2.35. The first-order chi connectivity index (χ1) is 8.54. The molecule has 1 aromatic rings. The maximum Gasteiger partial charge on any atom is 0.258 e. The van der Waals surface area contributed by atoms with E-state index < -0.39 is 11.8 Å². The molecule has 0 radical (unpaired) electrons. The third-order valence-electron chi connectivity index (χ3n) is 2.62. The van der Waals surface area contributed by atoms with Gasteiger partial charge in [-0.3, -0.25) is 9.59 Å². The average Bonchev–Trinajstić information content (AvgIpc) is 2.65. The van der Waals surface area contributed by atoms with Gasteiger partial charge in [0.15, 0.2) is 0 Å². The predicted octanol–water partition coefficient (Wildman–Crippen LogP) is 2.28. The number of nitrogens with zero attached hydrogens (tertiary/aromatic N) is 1. The van der Waals surface area contributed by atoms with Gasteiger partial charge in [-0.1, -0.05) is 25.3 Å². The van der Waals surface area contributed by atoms with E-state index >= 15 is 0 Å². The van der Waals surface area contributed by atoms with Gasteiger partial charge >= 0.3 is 0 Å². The van der Waals surface area contributed by atoms with Crippen molar-refractivity contribution in [2.24, 2.45) is 0 Å². The molecule has 1 heterocycles. The Bertz CT molecular complexity index is 584. The summed E-state index contributed by atoms with van der Waals surface area (Å²) in [4.78, 5) is 24.1. The zero-order chi connectivity index (χ0) is 13.3. The van der Waals surface area contributed by atoms with Crippen LogP contribution < -0.4 is 0 Å². The molecular formula is C14H10FNO2. The van der Waals surface area contributed by atoms with E-state index in [2.05, 4.69) is 13.2 Å². The number of carbonyl (C=O) groups excluding carboxylic acids is 2. The molecule has 0 saturated heterocycles. The molecule has 1 aliphatic rings. The van der Waals surface area contributed by atoms with Gasteiger partial charge in [-0.05, 0) is 23.8 Å². The van der Waals surface area contributed by atoms with Crippen molar-refractivity contribution < 1.29 is 14.0 Å². The van der Waals surface area contributed by atoms with Crippen LogP contribution in [0.3, 0.4) is 0 Å². The minimum absolute atomic E-state index is 0.275. The van der Waals surface area contributed by atoms with Crippen molar-refractivity contribution in [3.63, 3.8) is 0 Å². The van der Waals surface area contributed by atoms with E-state index in [0.717, 1.165) is 11.0 Å². The van der Waals surface area contributed by atoms with Crippen molar-refractivity contribution in [1.82, 2.24) is 4.90 Å². The van der Waals surface area contributed by atoms with Gasteiger partial charge in [0.2, 0.25) is 0 Å². The SMILES string of the molecule is C=CC(=O)N1C(=C)C(c2ccc(F)cc2)=CC1=O. The number of rotatable bonds is 2. The Morgan fingerprint density at radius 2 is 1.89 bits per heavy atom. The largest absolute Gasteiger partial charge is 0.269 e. The summed E-state index contributed by atoms with van der Waals surface area (Å²) in [5, 5.41) is 0. The second-order valence-corrected chi connectivity index (χ2v) is 3.73. The zero-order valence-electron chi connectivity index (χ0n) is 9.52. The van der Waals surface area contributed by atoms with Crippen LogP contribution >= 0.6 is 0 Å². The summed E-state index contributed by atoms with van der Waals surface area (Å²) in [6.45, 7) is 7.04. The molecule has 18 heavy (non-hydrogen) atoms. The van der Waals surface area contributed by atoms with E-state index in [9.17, 15) is 14.0 Å². The van der Waals surface area contributed by atoms with Gasteiger partial charge in [-0.15, -0.1) is 0 Å². The normalized spacial score (nSPS) is 14.7. The maximum atomic E-state index is 12.8. The Balaban J connectivity index is 2.37. The van der Waals surface area contributed by atoms with Gasteiger partial charge in [0.1, 0.15) is 5.82 Å². The lowest BCUT2D eigenvalue weighted by Crippen LogP contribution is -2.29. The quantitative estimate of drug-likeness (QED) is 0.747. The Morgan fingerprint density at radius 1 is 1.28 bits per heavy atom. The van der Waals surface area contributed by atoms with Gasteiger partial charge in [0.05, 0.1) is 5.70 Å². The van der Waals surface area contributed by atoms with Crippen molar-refractivity contribution in [3.8, 4) is 0 Å². The summed E-state index contributed by atoms with van der Waals surface area (Å²) < 4.78 is 12.8. The van der Waals surface area contributed by atoms with Gasteiger partial charge in [0, 0.05) is 11.6 Å². The minimum atomic E-state index is -0.529. The predicted molar refractivity (Wildman–Crippen MR) is 65.6 cm³/mol. The molecule has 0 saturated carbocycles. The number of imide groups is 1. The molecule has 90 valence electrons. The van der Waals surface area contributed by atoms with E-state index in [4.69, 9.17) is 0 Å². The summed E-state index contributed by atoms with van der Waals surface area (Å²) >= 11 is 0. The first-order valence-electron chi connectivity index (χ1n) is 5.22. The summed E-state index contributed by atoms with van der Waals surface area (Å²) in [5.74, 6) is -1.36. The highest BCUT2D eigenvalue weighted by Crippen LogP contribution is 2.30. The van der Waals surface area contributed by atoms with Gasteiger partial charge in [-0.2, -0.15) is 0 Å². The standard InChI is InChI=1S/C14H10FNO2/c1-3-13(17)16-9(2)12(8-14(16)18)10-4-6-11(15)7-5-10/h3-8H,1-2H2. The van der Waals surface area contributed by atoms with Crippen LogP contribution in [-0.4, -0.2) is 16.7 Å². The molecule has 1 aliphatic heterocycles. The number of halogens is 1. The fraction of sp³-hybridized carbons (Fsp3) is 0. The first kappa shape index (κ1) is 12.0. The van der Waals surface area contributed by atoms with Gasteiger partial charge in [0.25, 0.3) is 11.8 Å². The highest BCUT2D eigenvalue weighted by atomic mass is 19.1. The monoisotopic (exact) mass is 243 g/mol. The number of benzene rings is 1. The fourth-order valence-corrected chi connectivity index (χ4v) is 1.74. The Kier molecular flexibility index (Phi) is 2.93. The zero-order valence-corrected chi connectivity index (χ0v) is 9.52. The summed E-state index contributed by atoms with van der Waals surface area (Å²) in [7, 11) is 0. The highest BCUT2D eigenvalue weighted by molar-refractivity contribution is 6.16. The Hall–Kier alpha value is -2.49. The lowest BCUT2D eigenvalue weighted by atomic mass is 10.0. The molecular weight excluding hydrogens is 233 g/mol. The molecule has 2 rings (SSSR count). The topological polar surface area (TPSA) is 37.4 Å². The molecule has 0 bridgehead atoms. The third kappa shape index (κ3) is 1.88. The van der Waals surface area contributed by atoms with Crippen LogP contribution in [0.5, 0.6) is 0 Å². The van der Waals surface area contributed by atoms with Gasteiger partial charge < -0.3 is 0 Å². The lowest BCUT2D eigenvalue weighted by Gasteiger charge is -2.14. The number of carbonyl (C=O) groups is 2. The highest BCUT2D eigenvalue weighted by Gasteiger charge is 2.30. The summed E-state index contributed by atoms with van der Waals surface area (Å²) in [5.41, 5.74) is 1.42. The summed E-state index contributed by atoms with van der Waals surface area (Å²) in [6, 6.07) is 5.63. The first-order valence-corrected chi connectivity index (χ1v) is 5.22. The van der Waals surface area contributed by atoms with E-state index in [1.807, 2.05) is 0 Å². The van der Waals surface area contributed by atoms with E-state index in [-0.39, 0.29) is 11.5 Å². The minimum Gasteiger partial charge on any atom is -0.269 e. The van der Waals surface area contributed by atoms with E-state index in [1.165, 1.54) is 30.3 Å². The van der Waals surface area contributed by atoms with Crippen molar-refractivity contribution in [2.75, 3.05) is 0 Å². The van der Waals surface area contributed by atoms with Crippen LogP contribution in [0.4, 0.5) is 4.39 Å².